The van der Waals surface area contributed by atoms with Crippen molar-refractivity contribution in [3.63, 3.8) is 0 Å². The second-order valence-electron chi connectivity index (χ2n) is 5.44. The van der Waals surface area contributed by atoms with Crippen molar-refractivity contribution in [1.82, 2.24) is 0 Å². The molecule has 0 aromatic heterocycles. The molecule has 1 amide bonds. The zero-order chi connectivity index (χ0) is 15.6. The quantitative estimate of drug-likeness (QED) is 0.778. The number of nitrogens with one attached hydrogen (secondary N) is 1. The molecule has 1 fully saturated rings. The summed E-state index contributed by atoms with van der Waals surface area (Å²) >= 11 is 3.28. The number of amides is 1. The number of halogens is 2. The van der Waals surface area contributed by atoms with Crippen molar-refractivity contribution in [2.24, 2.45) is 5.92 Å². The lowest BCUT2D eigenvalue weighted by Crippen LogP contribution is -2.15. The fourth-order valence-corrected chi connectivity index (χ4v) is 4.49. The third-order valence-corrected chi connectivity index (χ3v) is 5.87. The molecule has 1 saturated carbocycles. The van der Waals surface area contributed by atoms with Gasteiger partial charge in [-0.3, -0.25) is 4.79 Å². The summed E-state index contributed by atoms with van der Waals surface area (Å²) < 4.78 is 23.4. The van der Waals surface area contributed by atoms with E-state index in [9.17, 15) is 13.2 Å². The Bertz CT molecular complexity index is 654. The van der Waals surface area contributed by atoms with E-state index in [2.05, 4.69) is 21.2 Å². The first kappa shape index (κ1) is 16.8. The number of carbonyl (C=O) groups is 1. The summed E-state index contributed by atoms with van der Waals surface area (Å²) in [4.78, 5) is 12.1. The van der Waals surface area contributed by atoms with Crippen LogP contribution >= 0.6 is 26.6 Å². The Morgan fingerprint density at radius 2 is 2.00 bits per heavy atom. The second-order valence-corrected chi connectivity index (χ2v) is 8.83. The van der Waals surface area contributed by atoms with Crippen LogP contribution in [0.25, 0.3) is 0 Å². The highest BCUT2D eigenvalue weighted by atomic mass is 79.9. The number of carbonyl (C=O) groups excluding carboxylic acids is 1. The summed E-state index contributed by atoms with van der Waals surface area (Å²) in [6, 6.07) is 3.04. The molecule has 0 unspecified atom stereocenters. The zero-order valence-electron chi connectivity index (χ0n) is 11.7. The van der Waals surface area contributed by atoms with Crippen molar-refractivity contribution in [2.75, 3.05) is 5.32 Å². The van der Waals surface area contributed by atoms with Crippen LogP contribution in [0.2, 0.25) is 0 Å². The van der Waals surface area contributed by atoms with Crippen LogP contribution in [0.1, 0.15) is 37.7 Å². The maximum absolute atomic E-state index is 12.0. The van der Waals surface area contributed by atoms with Gasteiger partial charge in [0.05, 0.1) is 10.6 Å². The van der Waals surface area contributed by atoms with Crippen LogP contribution in [0.5, 0.6) is 0 Å². The molecule has 1 aromatic rings. The Labute approximate surface area is 137 Å². The highest BCUT2D eigenvalue weighted by Crippen LogP contribution is 2.32. The molecule has 0 spiro atoms. The summed E-state index contributed by atoms with van der Waals surface area (Å²) in [6.45, 7) is 1.65. The number of benzene rings is 1. The van der Waals surface area contributed by atoms with Gasteiger partial charge in [-0.1, -0.05) is 12.8 Å². The molecule has 1 aliphatic carbocycles. The highest BCUT2D eigenvalue weighted by Gasteiger charge is 2.20. The lowest BCUT2D eigenvalue weighted by atomic mass is 10.0. The number of hydrogen-bond acceptors (Lipinski definition) is 3. The third-order valence-electron chi connectivity index (χ3n) is 3.75. The normalized spacial score (nSPS) is 16.1. The molecule has 1 aromatic carbocycles. The summed E-state index contributed by atoms with van der Waals surface area (Å²) in [7, 11) is 1.58. The summed E-state index contributed by atoms with van der Waals surface area (Å²) in [5.74, 6) is 0.427. The van der Waals surface area contributed by atoms with Crippen molar-refractivity contribution in [3.05, 3.63) is 22.2 Å². The van der Waals surface area contributed by atoms with Crippen LogP contribution in [-0.4, -0.2) is 14.3 Å². The maximum atomic E-state index is 12.0. The van der Waals surface area contributed by atoms with Crippen molar-refractivity contribution in [1.29, 1.82) is 0 Å². The largest absolute Gasteiger partial charge is 0.325 e. The minimum absolute atomic E-state index is 0.0384. The van der Waals surface area contributed by atoms with Crippen molar-refractivity contribution < 1.29 is 13.2 Å². The fraction of sp³-hybridized carbons (Fsp3) is 0.500. The number of aryl methyl sites for hydroxylation is 1. The predicted octanol–water partition coefficient (Wildman–Crippen LogP) is 4.20. The van der Waals surface area contributed by atoms with E-state index in [1.807, 2.05) is 0 Å². The number of rotatable bonds is 4. The van der Waals surface area contributed by atoms with Gasteiger partial charge in [0.2, 0.25) is 5.91 Å². The summed E-state index contributed by atoms with van der Waals surface area (Å²) in [5.41, 5.74) is 1.07. The van der Waals surface area contributed by atoms with Gasteiger partial charge >= 0.3 is 0 Å². The molecular weight excluding hydrogens is 378 g/mol. The van der Waals surface area contributed by atoms with E-state index < -0.39 is 9.05 Å². The summed E-state index contributed by atoms with van der Waals surface area (Å²) in [5, 5.41) is 2.83. The zero-order valence-corrected chi connectivity index (χ0v) is 14.8. The van der Waals surface area contributed by atoms with Gasteiger partial charge in [0.25, 0.3) is 9.05 Å². The molecule has 0 saturated heterocycles. The minimum atomic E-state index is -3.79. The Kier molecular flexibility index (Phi) is 5.33. The molecule has 1 aliphatic rings. The second kappa shape index (κ2) is 6.67. The SMILES string of the molecule is Cc1cc(NC(=O)CC2CCCC2)c(Br)cc1S(=O)(=O)Cl. The van der Waals surface area contributed by atoms with Gasteiger partial charge in [-0.15, -0.1) is 0 Å². The Morgan fingerprint density at radius 3 is 2.57 bits per heavy atom. The molecule has 0 aliphatic heterocycles. The fourth-order valence-electron chi connectivity index (χ4n) is 2.70. The van der Waals surface area contributed by atoms with Crippen LogP contribution in [-0.2, 0) is 13.8 Å². The van der Waals surface area contributed by atoms with E-state index in [1.165, 1.54) is 18.9 Å². The average molecular weight is 395 g/mol. The van der Waals surface area contributed by atoms with Gasteiger partial charge in [-0.25, -0.2) is 8.42 Å². The monoisotopic (exact) mass is 393 g/mol. The first-order valence-electron chi connectivity index (χ1n) is 6.82. The molecule has 0 heterocycles. The van der Waals surface area contributed by atoms with E-state index in [0.717, 1.165) is 12.8 Å². The van der Waals surface area contributed by atoms with Crippen LogP contribution in [0.15, 0.2) is 21.5 Å². The van der Waals surface area contributed by atoms with Crippen LogP contribution in [0.4, 0.5) is 5.69 Å². The van der Waals surface area contributed by atoms with Crippen LogP contribution in [0.3, 0.4) is 0 Å². The molecule has 0 radical (unpaired) electrons. The lowest BCUT2D eigenvalue weighted by molar-refractivity contribution is -0.117. The minimum Gasteiger partial charge on any atom is -0.325 e. The number of hydrogen-bond donors (Lipinski definition) is 1. The molecule has 116 valence electrons. The Hall–Kier alpha value is -0.590. The van der Waals surface area contributed by atoms with Crippen LogP contribution < -0.4 is 5.32 Å². The van der Waals surface area contributed by atoms with Gasteiger partial charge in [-0.2, -0.15) is 0 Å². The van der Waals surface area contributed by atoms with Gasteiger partial charge in [-0.05, 0) is 59.3 Å². The number of anilines is 1. The third kappa shape index (κ3) is 4.44. The van der Waals surface area contributed by atoms with Crippen LogP contribution in [0, 0.1) is 12.8 Å². The molecule has 7 heteroatoms. The van der Waals surface area contributed by atoms with E-state index in [0.29, 0.717) is 28.1 Å². The molecular formula is C14H17BrClNO3S. The Balaban J connectivity index is 2.13. The molecule has 0 atom stereocenters. The Morgan fingerprint density at radius 1 is 1.38 bits per heavy atom. The molecule has 1 N–H and O–H groups in total. The predicted molar refractivity (Wildman–Crippen MR) is 87.1 cm³/mol. The smallest absolute Gasteiger partial charge is 0.261 e. The van der Waals surface area contributed by atoms with Gasteiger partial charge in [0.15, 0.2) is 0 Å². The van der Waals surface area contributed by atoms with Gasteiger partial charge in [0.1, 0.15) is 0 Å². The van der Waals surface area contributed by atoms with Crippen molar-refractivity contribution >= 4 is 47.3 Å². The van der Waals surface area contributed by atoms with Gasteiger partial charge < -0.3 is 5.32 Å². The topological polar surface area (TPSA) is 63.2 Å². The maximum Gasteiger partial charge on any atom is 0.261 e. The average Bonchev–Trinajstić information content (AvgIpc) is 2.84. The lowest BCUT2D eigenvalue weighted by Gasteiger charge is -2.13. The molecule has 4 nitrogen and oxygen atoms in total. The molecule has 0 bridgehead atoms. The summed E-state index contributed by atoms with van der Waals surface area (Å²) in [6.07, 6.45) is 5.13. The van der Waals surface area contributed by atoms with Gasteiger partial charge in [0, 0.05) is 21.6 Å². The van der Waals surface area contributed by atoms with E-state index in [4.69, 9.17) is 10.7 Å². The highest BCUT2D eigenvalue weighted by molar-refractivity contribution is 9.10. The van der Waals surface area contributed by atoms with E-state index in [1.54, 1.807) is 13.0 Å². The van der Waals surface area contributed by atoms with E-state index >= 15 is 0 Å². The van der Waals surface area contributed by atoms with Crippen molar-refractivity contribution in [2.45, 2.75) is 43.9 Å². The first-order valence-corrected chi connectivity index (χ1v) is 9.92. The van der Waals surface area contributed by atoms with E-state index in [-0.39, 0.29) is 10.8 Å². The first-order chi connectivity index (χ1) is 9.77. The molecule has 21 heavy (non-hydrogen) atoms. The van der Waals surface area contributed by atoms with Crippen molar-refractivity contribution in [3.8, 4) is 0 Å². The standard InChI is InChI=1S/C14H17BrClNO3S/c1-9-6-12(11(15)8-13(9)21(16,19)20)17-14(18)7-10-4-2-3-5-10/h6,8,10H,2-5,7H2,1H3,(H,17,18). The molecule has 2 rings (SSSR count).